The monoisotopic (exact) mass is 173 g/mol. The summed E-state index contributed by atoms with van der Waals surface area (Å²) in [5.74, 6) is -0.226. The fourth-order valence-corrected chi connectivity index (χ4v) is 1.72. The molecular weight excluding hydrogens is 166 g/mol. The van der Waals surface area contributed by atoms with Gasteiger partial charge in [-0.2, -0.15) is 0 Å². The van der Waals surface area contributed by atoms with Crippen molar-refractivity contribution in [3.05, 3.63) is 36.0 Å². The van der Waals surface area contributed by atoms with Gasteiger partial charge in [0.1, 0.15) is 5.69 Å². The fourth-order valence-electron chi connectivity index (χ4n) is 1.72. The van der Waals surface area contributed by atoms with Gasteiger partial charge in [0.05, 0.1) is 5.52 Å². The SMILES string of the molecule is O=C1OCn2c1cc1ccccc12. The number of rotatable bonds is 0. The lowest BCUT2D eigenvalue weighted by atomic mass is 10.2. The Morgan fingerprint density at radius 1 is 1.31 bits per heavy atom. The molecule has 1 aliphatic rings. The Morgan fingerprint density at radius 3 is 3.08 bits per heavy atom. The summed E-state index contributed by atoms with van der Waals surface area (Å²) in [7, 11) is 0. The Bertz CT molecular complexity index is 499. The van der Waals surface area contributed by atoms with Gasteiger partial charge in [0, 0.05) is 5.39 Å². The van der Waals surface area contributed by atoms with Crippen LogP contribution in [0.3, 0.4) is 0 Å². The van der Waals surface area contributed by atoms with Crippen molar-refractivity contribution < 1.29 is 9.53 Å². The van der Waals surface area contributed by atoms with Crippen molar-refractivity contribution in [2.75, 3.05) is 0 Å². The summed E-state index contributed by atoms with van der Waals surface area (Å²) in [4.78, 5) is 11.2. The molecule has 3 heteroatoms. The summed E-state index contributed by atoms with van der Waals surface area (Å²) in [6.07, 6.45) is 0. The van der Waals surface area contributed by atoms with Gasteiger partial charge in [-0.05, 0) is 12.1 Å². The number of benzene rings is 1. The molecule has 64 valence electrons. The molecule has 0 fully saturated rings. The molecule has 1 aromatic heterocycles. The molecule has 0 N–H and O–H groups in total. The van der Waals surface area contributed by atoms with Crippen LogP contribution in [0.4, 0.5) is 0 Å². The van der Waals surface area contributed by atoms with E-state index in [-0.39, 0.29) is 5.97 Å². The summed E-state index contributed by atoms with van der Waals surface area (Å²) in [5.41, 5.74) is 1.71. The minimum atomic E-state index is -0.226. The molecule has 0 radical (unpaired) electrons. The number of para-hydroxylation sites is 1. The van der Waals surface area contributed by atoms with Gasteiger partial charge in [-0.15, -0.1) is 0 Å². The quantitative estimate of drug-likeness (QED) is 0.568. The van der Waals surface area contributed by atoms with Crippen molar-refractivity contribution in [2.45, 2.75) is 6.73 Å². The number of fused-ring (bicyclic) bond motifs is 3. The van der Waals surface area contributed by atoms with Gasteiger partial charge in [-0.1, -0.05) is 18.2 Å². The van der Waals surface area contributed by atoms with E-state index in [1.807, 2.05) is 34.9 Å². The van der Waals surface area contributed by atoms with E-state index in [4.69, 9.17) is 4.74 Å². The van der Waals surface area contributed by atoms with Crippen molar-refractivity contribution in [1.82, 2.24) is 4.57 Å². The lowest BCUT2D eigenvalue weighted by molar-refractivity contribution is 0.0498. The molecule has 1 aliphatic heterocycles. The molecule has 0 unspecified atom stereocenters. The van der Waals surface area contributed by atoms with Gasteiger partial charge < -0.3 is 9.30 Å². The van der Waals surface area contributed by atoms with Gasteiger partial charge in [0.15, 0.2) is 6.73 Å². The van der Waals surface area contributed by atoms with Gasteiger partial charge >= 0.3 is 5.97 Å². The maximum atomic E-state index is 11.2. The zero-order valence-corrected chi connectivity index (χ0v) is 6.86. The van der Waals surface area contributed by atoms with Crippen LogP contribution in [0.25, 0.3) is 10.9 Å². The number of carbonyl (C=O) groups excluding carboxylic acids is 1. The average Bonchev–Trinajstić information content (AvgIpc) is 2.67. The van der Waals surface area contributed by atoms with E-state index in [0.29, 0.717) is 12.4 Å². The summed E-state index contributed by atoms with van der Waals surface area (Å²) < 4.78 is 6.78. The van der Waals surface area contributed by atoms with Crippen LogP contribution in [0, 0.1) is 0 Å². The first-order valence-corrected chi connectivity index (χ1v) is 4.12. The first-order valence-electron chi connectivity index (χ1n) is 4.12. The van der Waals surface area contributed by atoms with Crippen LogP contribution in [-0.2, 0) is 11.5 Å². The van der Waals surface area contributed by atoms with Crippen LogP contribution < -0.4 is 0 Å². The molecule has 0 amide bonds. The van der Waals surface area contributed by atoms with Crippen molar-refractivity contribution in [3.63, 3.8) is 0 Å². The van der Waals surface area contributed by atoms with Crippen molar-refractivity contribution in [1.29, 1.82) is 0 Å². The Balaban J connectivity index is 2.44. The van der Waals surface area contributed by atoms with Gasteiger partial charge in [0.2, 0.25) is 0 Å². The Kier molecular flexibility index (Phi) is 1.10. The second kappa shape index (κ2) is 2.13. The second-order valence-corrected chi connectivity index (χ2v) is 3.08. The van der Waals surface area contributed by atoms with E-state index in [1.165, 1.54) is 0 Å². The van der Waals surface area contributed by atoms with Gasteiger partial charge in [-0.3, -0.25) is 0 Å². The van der Waals surface area contributed by atoms with Crippen molar-refractivity contribution in [2.24, 2.45) is 0 Å². The molecule has 0 saturated carbocycles. The number of cyclic esters (lactones) is 1. The molecule has 0 spiro atoms. The van der Waals surface area contributed by atoms with E-state index >= 15 is 0 Å². The van der Waals surface area contributed by atoms with E-state index in [9.17, 15) is 4.79 Å². The number of aromatic nitrogens is 1. The van der Waals surface area contributed by atoms with E-state index in [2.05, 4.69) is 0 Å². The van der Waals surface area contributed by atoms with Crippen molar-refractivity contribution >= 4 is 16.9 Å². The van der Waals surface area contributed by atoms with Crippen LogP contribution in [0.15, 0.2) is 30.3 Å². The standard InChI is InChI=1S/C10H7NO2/c12-10-9-5-7-3-1-2-4-8(7)11(9)6-13-10/h1-5H,6H2. The number of hydrogen-bond donors (Lipinski definition) is 0. The average molecular weight is 173 g/mol. The molecule has 13 heavy (non-hydrogen) atoms. The summed E-state index contributed by atoms with van der Waals surface area (Å²) in [5, 5.41) is 1.09. The third-order valence-corrected chi connectivity index (χ3v) is 2.34. The predicted octanol–water partition coefficient (Wildman–Crippen LogP) is 1.77. The molecule has 1 aromatic carbocycles. The summed E-state index contributed by atoms with van der Waals surface area (Å²) >= 11 is 0. The van der Waals surface area contributed by atoms with Gasteiger partial charge in [-0.25, -0.2) is 4.79 Å². The number of carbonyl (C=O) groups is 1. The molecule has 3 nitrogen and oxygen atoms in total. The molecule has 0 bridgehead atoms. The predicted molar refractivity (Wildman–Crippen MR) is 47.4 cm³/mol. The highest BCUT2D eigenvalue weighted by molar-refractivity contribution is 5.96. The third kappa shape index (κ3) is 0.758. The highest BCUT2D eigenvalue weighted by Crippen LogP contribution is 2.23. The minimum absolute atomic E-state index is 0.226. The van der Waals surface area contributed by atoms with Crippen molar-refractivity contribution in [3.8, 4) is 0 Å². The summed E-state index contributed by atoms with van der Waals surface area (Å²) in [6, 6.07) is 9.77. The first-order chi connectivity index (χ1) is 6.36. The highest BCUT2D eigenvalue weighted by Gasteiger charge is 2.22. The zero-order chi connectivity index (χ0) is 8.84. The van der Waals surface area contributed by atoms with Crippen LogP contribution in [-0.4, -0.2) is 10.5 Å². The smallest absolute Gasteiger partial charge is 0.356 e. The Hall–Kier alpha value is -1.77. The normalized spacial score (nSPS) is 14.6. The molecule has 0 atom stereocenters. The number of hydrogen-bond acceptors (Lipinski definition) is 2. The van der Waals surface area contributed by atoms with E-state index < -0.39 is 0 Å². The maximum Gasteiger partial charge on any atom is 0.356 e. The summed E-state index contributed by atoms with van der Waals surface area (Å²) in [6.45, 7) is 0.349. The second-order valence-electron chi connectivity index (χ2n) is 3.08. The highest BCUT2D eigenvalue weighted by atomic mass is 16.6. The number of ether oxygens (including phenoxy) is 1. The number of esters is 1. The minimum Gasteiger partial charge on any atom is -0.439 e. The van der Waals surface area contributed by atoms with Crippen LogP contribution >= 0.6 is 0 Å². The van der Waals surface area contributed by atoms with Crippen LogP contribution in [0.5, 0.6) is 0 Å². The molecule has 2 heterocycles. The topological polar surface area (TPSA) is 31.2 Å². The Morgan fingerprint density at radius 2 is 2.15 bits per heavy atom. The maximum absolute atomic E-state index is 11.2. The molecule has 0 aliphatic carbocycles. The largest absolute Gasteiger partial charge is 0.439 e. The van der Waals surface area contributed by atoms with Crippen LogP contribution in [0.2, 0.25) is 0 Å². The lowest BCUT2D eigenvalue weighted by Crippen LogP contribution is -1.91. The third-order valence-electron chi connectivity index (χ3n) is 2.34. The zero-order valence-electron chi connectivity index (χ0n) is 6.86. The molecular formula is C10H7NO2. The lowest BCUT2D eigenvalue weighted by Gasteiger charge is -1.96. The fraction of sp³-hybridized carbons (Fsp3) is 0.100. The molecule has 3 rings (SSSR count). The van der Waals surface area contributed by atoms with Crippen LogP contribution in [0.1, 0.15) is 10.5 Å². The Labute approximate surface area is 74.5 Å². The number of nitrogens with zero attached hydrogens (tertiary/aromatic N) is 1. The molecule has 0 saturated heterocycles. The van der Waals surface area contributed by atoms with E-state index in [1.54, 1.807) is 0 Å². The first kappa shape index (κ1) is 6.71. The van der Waals surface area contributed by atoms with Gasteiger partial charge in [0.25, 0.3) is 0 Å². The molecule has 2 aromatic rings. The van der Waals surface area contributed by atoms with E-state index in [0.717, 1.165) is 10.9 Å².